The van der Waals surface area contributed by atoms with E-state index in [4.69, 9.17) is 5.11 Å². The van der Waals surface area contributed by atoms with Gasteiger partial charge in [-0.2, -0.15) is 0 Å². The Hall–Kier alpha value is -1.59. The molecule has 0 bridgehead atoms. The number of methoxy groups -OCH3 is 1. The molecule has 0 saturated carbocycles. The fourth-order valence-electron chi connectivity index (χ4n) is 1.31. The van der Waals surface area contributed by atoms with Crippen molar-refractivity contribution in [2.24, 2.45) is 0 Å². The number of carboxylic acids is 1. The lowest BCUT2D eigenvalue weighted by Gasteiger charge is -2.11. The lowest BCUT2D eigenvalue weighted by Crippen LogP contribution is -2.25. The van der Waals surface area contributed by atoms with Gasteiger partial charge < -0.3 is 14.6 Å². The van der Waals surface area contributed by atoms with Crippen LogP contribution in [0.25, 0.3) is 0 Å². The van der Waals surface area contributed by atoms with E-state index in [-0.39, 0.29) is 12.4 Å². The van der Waals surface area contributed by atoms with Gasteiger partial charge in [0.25, 0.3) is 0 Å². The summed E-state index contributed by atoms with van der Waals surface area (Å²) < 4.78 is 9.10. The van der Waals surface area contributed by atoms with Crippen LogP contribution in [0.1, 0.15) is 39.0 Å². The van der Waals surface area contributed by atoms with Crippen molar-refractivity contribution in [1.82, 2.24) is 0 Å². The van der Waals surface area contributed by atoms with Crippen LogP contribution in [0.5, 0.6) is 0 Å². The van der Waals surface area contributed by atoms with Gasteiger partial charge in [0.05, 0.1) is 7.11 Å². The molecular formula is C11H18O6. The van der Waals surface area contributed by atoms with Crippen molar-refractivity contribution in [3.63, 3.8) is 0 Å². The number of aliphatic carboxylic acids is 1. The molecular weight excluding hydrogens is 228 g/mol. The molecule has 0 aliphatic heterocycles. The number of hydrogen-bond donors (Lipinski definition) is 1. The third-order valence-electron chi connectivity index (χ3n) is 2.16. The van der Waals surface area contributed by atoms with Crippen LogP contribution in [0.2, 0.25) is 0 Å². The molecule has 0 aromatic heterocycles. The topological polar surface area (TPSA) is 89.9 Å². The molecule has 0 aliphatic rings. The molecule has 0 amide bonds. The van der Waals surface area contributed by atoms with Gasteiger partial charge in [0.2, 0.25) is 0 Å². The first-order valence-corrected chi connectivity index (χ1v) is 5.44. The normalized spacial score (nSPS) is 11.6. The highest BCUT2D eigenvalue weighted by Crippen LogP contribution is 2.09. The third-order valence-corrected chi connectivity index (χ3v) is 2.16. The van der Waals surface area contributed by atoms with E-state index in [0.29, 0.717) is 25.7 Å². The zero-order chi connectivity index (χ0) is 13.3. The van der Waals surface area contributed by atoms with E-state index < -0.39 is 18.0 Å². The highest BCUT2D eigenvalue weighted by atomic mass is 16.6. The number of carboxylic acid groups (broad SMARTS) is 1. The number of hydrogen-bond acceptors (Lipinski definition) is 5. The molecule has 0 radical (unpaired) electrons. The monoisotopic (exact) mass is 246 g/mol. The van der Waals surface area contributed by atoms with Gasteiger partial charge in [0.15, 0.2) is 6.10 Å². The van der Waals surface area contributed by atoms with Crippen molar-refractivity contribution in [3.8, 4) is 0 Å². The summed E-state index contributed by atoms with van der Waals surface area (Å²) in [6.45, 7) is 1.17. The van der Waals surface area contributed by atoms with E-state index in [1.807, 2.05) is 0 Å². The number of carbonyl (C=O) groups is 3. The summed E-state index contributed by atoms with van der Waals surface area (Å²) in [5.41, 5.74) is 0. The van der Waals surface area contributed by atoms with E-state index in [2.05, 4.69) is 9.47 Å². The molecule has 6 nitrogen and oxygen atoms in total. The van der Waals surface area contributed by atoms with Crippen LogP contribution < -0.4 is 0 Å². The lowest BCUT2D eigenvalue weighted by molar-refractivity contribution is -0.163. The van der Waals surface area contributed by atoms with Gasteiger partial charge >= 0.3 is 17.9 Å². The van der Waals surface area contributed by atoms with E-state index in [1.165, 1.54) is 14.0 Å². The number of carbonyl (C=O) groups excluding carboxylic acids is 2. The van der Waals surface area contributed by atoms with Crippen molar-refractivity contribution in [2.75, 3.05) is 7.11 Å². The minimum absolute atomic E-state index is 0.260. The van der Waals surface area contributed by atoms with E-state index >= 15 is 0 Å². The molecule has 0 fully saturated rings. The van der Waals surface area contributed by atoms with Crippen LogP contribution in [0.15, 0.2) is 0 Å². The molecule has 0 saturated heterocycles. The zero-order valence-corrected chi connectivity index (χ0v) is 10.1. The second-order valence-electron chi connectivity index (χ2n) is 3.61. The van der Waals surface area contributed by atoms with E-state index in [1.54, 1.807) is 0 Å². The summed E-state index contributed by atoms with van der Waals surface area (Å²) >= 11 is 0. The predicted octanol–water partition coefficient (Wildman–Crippen LogP) is 1.13. The van der Waals surface area contributed by atoms with Crippen molar-refractivity contribution >= 4 is 17.9 Å². The van der Waals surface area contributed by atoms with Gasteiger partial charge in [0.1, 0.15) is 0 Å². The number of unbranched alkanes of at least 4 members (excludes halogenated alkanes) is 2. The van der Waals surface area contributed by atoms with Crippen LogP contribution in [0, 0.1) is 0 Å². The van der Waals surface area contributed by atoms with Crippen LogP contribution in [0.4, 0.5) is 0 Å². The van der Waals surface area contributed by atoms with Crippen molar-refractivity contribution in [3.05, 3.63) is 0 Å². The molecule has 0 spiro atoms. The Morgan fingerprint density at radius 1 is 1.18 bits per heavy atom. The minimum Gasteiger partial charge on any atom is -0.479 e. The SMILES string of the molecule is COC(=O)CCCCC[C@H](OC(C)=O)C(=O)O. The van der Waals surface area contributed by atoms with Crippen molar-refractivity contribution in [2.45, 2.75) is 45.1 Å². The number of rotatable bonds is 8. The van der Waals surface area contributed by atoms with Gasteiger partial charge in [0, 0.05) is 13.3 Å². The Bertz CT molecular complexity index is 273. The van der Waals surface area contributed by atoms with Gasteiger partial charge in [-0.05, 0) is 19.3 Å². The summed E-state index contributed by atoms with van der Waals surface area (Å²) in [6.07, 6.45) is 1.41. The molecule has 98 valence electrons. The summed E-state index contributed by atoms with van der Waals surface area (Å²) in [7, 11) is 1.32. The van der Waals surface area contributed by atoms with E-state index in [0.717, 1.165) is 0 Å². The summed E-state index contributed by atoms with van der Waals surface area (Å²) in [5.74, 6) is -2.03. The maximum absolute atomic E-state index is 10.8. The molecule has 0 heterocycles. The number of ether oxygens (including phenoxy) is 2. The van der Waals surface area contributed by atoms with Gasteiger partial charge in [-0.15, -0.1) is 0 Å². The summed E-state index contributed by atoms with van der Waals surface area (Å²) in [4.78, 5) is 32.1. The number of esters is 2. The first-order chi connectivity index (χ1) is 7.97. The zero-order valence-electron chi connectivity index (χ0n) is 10.1. The van der Waals surface area contributed by atoms with Crippen molar-refractivity contribution in [1.29, 1.82) is 0 Å². The Kier molecular flexibility index (Phi) is 7.75. The fraction of sp³-hybridized carbons (Fsp3) is 0.727. The Morgan fingerprint density at radius 3 is 2.29 bits per heavy atom. The summed E-state index contributed by atoms with van der Waals surface area (Å²) in [6, 6.07) is 0. The van der Waals surface area contributed by atoms with Crippen molar-refractivity contribution < 1.29 is 29.0 Å². The largest absolute Gasteiger partial charge is 0.479 e. The second-order valence-corrected chi connectivity index (χ2v) is 3.61. The smallest absolute Gasteiger partial charge is 0.345 e. The summed E-state index contributed by atoms with van der Waals surface area (Å²) in [5, 5.41) is 8.75. The Morgan fingerprint density at radius 2 is 1.82 bits per heavy atom. The van der Waals surface area contributed by atoms with Crippen LogP contribution in [-0.4, -0.2) is 36.2 Å². The average molecular weight is 246 g/mol. The molecule has 0 aromatic rings. The maximum atomic E-state index is 10.8. The van der Waals surface area contributed by atoms with Crippen LogP contribution in [0.3, 0.4) is 0 Å². The van der Waals surface area contributed by atoms with Crippen LogP contribution in [-0.2, 0) is 23.9 Å². The quantitative estimate of drug-likeness (QED) is 0.510. The Labute approximate surface area is 99.9 Å². The standard InChI is InChI=1S/C11H18O6/c1-8(12)17-9(11(14)15)6-4-3-5-7-10(13)16-2/h9H,3-7H2,1-2H3,(H,14,15)/t9-/m0/s1. The fourth-order valence-corrected chi connectivity index (χ4v) is 1.31. The molecule has 0 unspecified atom stereocenters. The first-order valence-electron chi connectivity index (χ1n) is 5.44. The molecule has 1 atom stereocenters. The maximum Gasteiger partial charge on any atom is 0.345 e. The highest BCUT2D eigenvalue weighted by Gasteiger charge is 2.19. The van der Waals surface area contributed by atoms with E-state index in [9.17, 15) is 14.4 Å². The first kappa shape index (κ1) is 15.4. The average Bonchev–Trinajstić information content (AvgIpc) is 2.25. The highest BCUT2D eigenvalue weighted by molar-refractivity contribution is 5.76. The molecule has 6 heteroatoms. The molecule has 0 aromatic carbocycles. The molecule has 17 heavy (non-hydrogen) atoms. The van der Waals surface area contributed by atoms with Gasteiger partial charge in [-0.25, -0.2) is 4.79 Å². The Balaban J connectivity index is 3.72. The molecule has 1 N–H and O–H groups in total. The predicted molar refractivity (Wildman–Crippen MR) is 58.3 cm³/mol. The van der Waals surface area contributed by atoms with Gasteiger partial charge in [-0.3, -0.25) is 9.59 Å². The molecule has 0 rings (SSSR count). The lowest BCUT2D eigenvalue weighted by atomic mass is 10.1. The van der Waals surface area contributed by atoms with Gasteiger partial charge in [-0.1, -0.05) is 6.42 Å². The second kappa shape index (κ2) is 8.55. The molecule has 0 aliphatic carbocycles. The minimum atomic E-state index is -1.15. The van der Waals surface area contributed by atoms with Crippen LogP contribution >= 0.6 is 0 Å². The third kappa shape index (κ3) is 8.24.